The van der Waals surface area contributed by atoms with E-state index in [9.17, 15) is 22.4 Å². The van der Waals surface area contributed by atoms with Crippen molar-refractivity contribution in [3.63, 3.8) is 0 Å². The SMILES string of the molecule is Cc1ncsc1CN(C)C(=O)C(F)(F)C(F)F. The third-order valence-corrected chi connectivity index (χ3v) is 3.05. The summed E-state index contributed by atoms with van der Waals surface area (Å²) in [6.07, 6.45) is -4.00. The van der Waals surface area contributed by atoms with Crippen molar-refractivity contribution in [1.82, 2.24) is 9.88 Å². The molecule has 1 rings (SSSR count). The molecule has 0 saturated carbocycles. The number of halogens is 4. The number of aryl methyl sites for hydroxylation is 1. The molecule has 0 unspecified atom stereocenters. The van der Waals surface area contributed by atoms with Crippen LogP contribution in [0.1, 0.15) is 10.6 Å². The predicted octanol–water partition coefficient (Wildman–Crippen LogP) is 2.31. The second-order valence-electron chi connectivity index (χ2n) is 3.45. The van der Waals surface area contributed by atoms with E-state index in [1.807, 2.05) is 0 Å². The quantitative estimate of drug-likeness (QED) is 0.787. The zero-order valence-electron chi connectivity index (χ0n) is 9.08. The molecule has 1 heterocycles. The smallest absolute Gasteiger partial charge is 0.335 e. The maximum atomic E-state index is 12.8. The van der Waals surface area contributed by atoms with Crippen molar-refractivity contribution in [3.05, 3.63) is 16.1 Å². The third-order valence-electron chi connectivity index (χ3n) is 2.13. The Bertz CT molecular complexity index is 407. The van der Waals surface area contributed by atoms with Gasteiger partial charge in [0.15, 0.2) is 0 Å². The number of nitrogens with zero attached hydrogens (tertiary/aromatic N) is 2. The number of aromatic nitrogens is 1. The lowest BCUT2D eigenvalue weighted by Crippen LogP contribution is -2.45. The predicted molar refractivity (Wildman–Crippen MR) is 54.3 cm³/mol. The van der Waals surface area contributed by atoms with Gasteiger partial charge >= 0.3 is 12.3 Å². The molecule has 96 valence electrons. The van der Waals surface area contributed by atoms with Crippen molar-refractivity contribution in [1.29, 1.82) is 0 Å². The van der Waals surface area contributed by atoms with Gasteiger partial charge in [0.2, 0.25) is 0 Å². The first-order valence-corrected chi connectivity index (χ1v) is 5.45. The summed E-state index contributed by atoms with van der Waals surface area (Å²) in [6, 6.07) is 0. The second-order valence-corrected chi connectivity index (χ2v) is 4.39. The van der Waals surface area contributed by atoms with E-state index < -0.39 is 18.3 Å². The highest BCUT2D eigenvalue weighted by Gasteiger charge is 2.50. The molecule has 0 saturated heterocycles. The van der Waals surface area contributed by atoms with E-state index in [0.717, 1.165) is 7.05 Å². The Hall–Kier alpha value is -1.18. The van der Waals surface area contributed by atoms with Crippen LogP contribution in [0.4, 0.5) is 17.6 Å². The van der Waals surface area contributed by atoms with Crippen molar-refractivity contribution in [3.8, 4) is 0 Å². The molecular formula is C9H10F4N2OS. The molecule has 3 nitrogen and oxygen atoms in total. The zero-order valence-corrected chi connectivity index (χ0v) is 9.90. The standard InChI is InChI=1S/C9H10F4N2OS/c1-5-6(17-4-14-5)3-15(2)8(16)9(12,13)7(10)11/h4,7H,3H2,1-2H3. The summed E-state index contributed by atoms with van der Waals surface area (Å²) in [4.78, 5) is 16.2. The monoisotopic (exact) mass is 270 g/mol. The highest BCUT2D eigenvalue weighted by atomic mass is 32.1. The van der Waals surface area contributed by atoms with Crippen LogP contribution in [0.25, 0.3) is 0 Å². The molecule has 0 aliphatic rings. The molecule has 0 aliphatic carbocycles. The van der Waals surface area contributed by atoms with Crippen molar-refractivity contribution in [2.24, 2.45) is 0 Å². The zero-order chi connectivity index (χ0) is 13.2. The Labute approximate surface area is 99.1 Å². The van der Waals surface area contributed by atoms with Crippen LogP contribution in [-0.2, 0) is 11.3 Å². The number of rotatable bonds is 4. The van der Waals surface area contributed by atoms with Gasteiger partial charge in [0, 0.05) is 11.9 Å². The molecule has 17 heavy (non-hydrogen) atoms. The maximum absolute atomic E-state index is 12.8. The van der Waals surface area contributed by atoms with Gasteiger partial charge in [-0.1, -0.05) is 0 Å². The summed E-state index contributed by atoms with van der Waals surface area (Å²) in [6.45, 7) is 1.49. The van der Waals surface area contributed by atoms with Gasteiger partial charge in [0.05, 0.1) is 17.7 Å². The average molecular weight is 270 g/mol. The molecule has 0 bridgehead atoms. The number of carbonyl (C=O) groups is 1. The molecule has 0 N–H and O–H groups in total. The normalized spacial score (nSPS) is 11.9. The molecule has 0 spiro atoms. The summed E-state index contributed by atoms with van der Waals surface area (Å²) < 4.78 is 49.5. The maximum Gasteiger partial charge on any atom is 0.383 e. The lowest BCUT2D eigenvalue weighted by Gasteiger charge is -2.22. The first-order valence-electron chi connectivity index (χ1n) is 4.57. The van der Waals surface area contributed by atoms with Gasteiger partial charge in [-0.15, -0.1) is 11.3 Å². The first kappa shape index (κ1) is 13.9. The third kappa shape index (κ3) is 2.93. The van der Waals surface area contributed by atoms with Gasteiger partial charge in [-0.25, -0.2) is 13.8 Å². The summed E-state index contributed by atoms with van der Waals surface area (Å²) in [5.74, 6) is -6.53. The van der Waals surface area contributed by atoms with Gasteiger partial charge in [-0.2, -0.15) is 8.78 Å². The van der Waals surface area contributed by atoms with Crippen molar-refractivity contribution in [2.45, 2.75) is 25.8 Å². The Balaban J connectivity index is 2.75. The van der Waals surface area contributed by atoms with Crippen LogP contribution < -0.4 is 0 Å². The molecule has 0 aromatic carbocycles. The number of thiazole rings is 1. The Morgan fingerprint density at radius 2 is 2.18 bits per heavy atom. The van der Waals surface area contributed by atoms with Gasteiger partial charge in [-0.05, 0) is 6.92 Å². The van der Waals surface area contributed by atoms with Crippen LogP contribution in [0.15, 0.2) is 5.51 Å². The van der Waals surface area contributed by atoms with E-state index in [1.165, 1.54) is 16.8 Å². The topological polar surface area (TPSA) is 33.2 Å². The molecule has 8 heteroatoms. The largest absolute Gasteiger partial charge is 0.383 e. The minimum absolute atomic E-state index is 0.155. The number of alkyl halides is 4. The molecular weight excluding hydrogens is 260 g/mol. The van der Waals surface area contributed by atoms with Crippen molar-refractivity contribution < 1.29 is 22.4 Å². The molecule has 0 aliphatic heterocycles. The van der Waals surface area contributed by atoms with E-state index in [0.29, 0.717) is 15.5 Å². The van der Waals surface area contributed by atoms with Crippen LogP contribution in [0, 0.1) is 6.92 Å². The van der Waals surface area contributed by atoms with Crippen LogP contribution in [0.3, 0.4) is 0 Å². The average Bonchev–Trinajstić information content (AvgIpc) is 2.63. The fourth-order valence-electron chi connectivity index (χ4n) is 1.11. The van der Waals surface area contributed by atoms with E-state index in [1.54, 1.807) is 6.92 Å². The fraction of sp³-hybridized carbons (Fsp3) is 0.556. The van der Waals surface area contributed by atoms with Crippen LogP contribution >= 0.6 is 11.3 Å². The molecule has 0 fully saturated rings. The van der Waals surface area contributed by atoms with Crippen LogP contribution in [0.2, 0.25) is 0 Å². The van der Waals surface area contributed by atoms with Crippen LogP contribution in [0.5, 0.6) is 0 Å². The van der Waals surface area contributed by atoms with E-state index in [2.05, 4.69) is 4.98 Å². The second kappa shape index (κ2) is 4.99. The summed E-state index contributed by atoms with van der Waals surface area (Å²) >= 11 is 1.18. The van der Waals surface area contributed by atoms with Crippen molar-refractivity contribution >= 4 is 17.2 Å². The van der Waals surface area contributed by atoms with Gasteiger partial charge in [0.25, 0.3) is 5.91 Å². The molecule has 0 atom stereocenters. The van der Waals surface area contributed by atoms with Gasteiger partial charge in [-0.3, -0.25) is 4.79 Å². The van der Waals surface area contributed by atoms with Crippen LogP contribution in [-0.4, -0.2) is 35.2 Å². The molecule has 0 radical (unpaired) electrons. The van der Waals surface area contributed by atoms with E-state index in [-0.39, 0.29) is 6.54 Å². The number of carbonyl (C=O) groups excluding carboxylic acids is 1. The summed E-state index contributed by atoms with van der Waals surface area (Å²) in [5.41, 5.74) is 2.09. The number of hydrogen-bond donors (Lipinski definition) is 0. The first-order chi connectivity index (χ1) is 7.76. The van der Waals surface area contributed by atoms with E-state index >= 15 is 0 Å². The van der Waals surface area contributed by atoms with Crippen molar-refractivity contribution in [2.75, 3.05) is 7.05 Å². The van der Waals surface area contributed by atoms with Gasteiger partial charge < -0.3 is 4.90 Å². The Kier molecular flexibility index (Phi) is 4.07. The van der Waals surface area contributed by atoms with Gasteiger partial charge in [0.1, 0.15) is 0 Å². The minimum Gasteiger partial charge on any atom is -0.335 e. The molecule has 1 aromatic rings. The summed E-state index contributed by atoms with van der Waals surface area (Å²) in [7, 11) is 1.05. The highest BCUT2D eigenvalue weighted by Crippen LogP contribution is 2.26. The number of amides is 1. The number of hydrogen-bond acceptors (Lipinski definition) is 3. The Morgan fingerprint density at radius 1 is 1.59 bits per heavy atom. The fourth-order valence-corrected chi connectivity index (χ4v) is 1.94. The minimum atomic E-state index is -4.65. The van der Waals surface area contributed by atoms with E-state index in [4.69, 9.17) is 0 Å². The lowest BCUT2D eigenvalue weighted by molar-refractivity contribution is -0.179. The highest BCUT2D eigenvalue weighted by molar-refractivity contribution is 7.09. The lowest BCUT2D eigenvalue weighted by atomic mass is 10.3. The Morgan fingerprint density at radius 3 is 2.59 bits per heavy atom. The summed E-state index contributed by atoms with van der Waals surface area (Å²) in [5, 5.41) is 0. The molecule has 1 aromatic heterocycles. The molecule has 1 amide bonds.